The quantitative estimate of drug-likeness (QED) is 0.590. The Morgan fingerprint density at radius 1 is 1.50 bits per heavy atom. The van der Waals surface area contributed by atoms with E-state index in [0.717, 1.165) is 11.4 Å². The van der Waals surface area contributed by atoms with E-state index in [1.54, 1.807) is 7.05 Å². The van der Waals surface area contributed by atoms with Gasteiger partial charge in [0, 0.05) is 7.05 Å². The summed E-state index contributed by atoms with van der Waals surface area (Å²) in [5.41, 5.74) is 7.20. The molecule has 0 aliphatic carbocycles. The van der Waals surface area contributed by atoms with Gasteiger partial charge in [0.05, 0.1) is 11.4 Å². The van der Waals surface area contributed by atoms with Crippen molar-refractivity contribution in [1.82, 2.24) is 9.97 Å². The second-order valence-corrected chi connectivity index (χ2v) is 1.97. The minimum absolute atomic E-state index is 0.495. The van der Waals surface area contributed by atoms with Gasteiger partial charge in [0.2, 0.25) is 0 Å². The van der Waals surface area contributed by atoms with Crippen LogP contribution in [0, 0.1) is 6.92 Å². The Balaban J connectivity index is 3.17. The number of nitrogen functional groups attached to an aromatic ring is 1. The van der Waals surface area contributed by atoms with Gasteiger partial charge in [-0.05, 0) is 6.92 Å². The number of rotatable bonds is 1. The van der Waals surface area contributed by atoms with Gasteiger partial charge in [0.1, 0.15) is 6.33 Å². The molecular weight excluding hydrogens is 128 g/mol. The first-order valence-corrected chi connectivity index (χ1v) is 3.00. The maximum absolute atomic E-state index is 5.52. The van der Waals surface area contributed by atoms with Crippen molar-refractivity contribution < 1.29 is 0 Å². The fourth-order valence-corrected chi connectivity index (χ4v) is 0.801. The lowest BCUT2D eigenvalue weighted by Crippen LogP contribution is -2.01. The first kappa shape index (κ1) is 6.80. The van der Waals surface area contributed by atoms with E-state index in [9.17, 15) is 0 Å². The van der Waals surface area contributed by atoms with Crippen LogP contribution in [-0.2, 0) is 0 Å². The predicted octanol–water partition coefficient (Wildman–Crippen LogP) is 0.409. The van der Waals surface area contributed by atoms with Crippen molar-refractivity contribution in [3.05, 3.63) is 12.0 Å². The SMILES string of the molecule is CNc1c(C)ncnc1N. The Hall–Kier alpha value is -1.32. The average Bonchev–Trinajstić information content (AvgIpc) is 1.88. The Morgan fingerprint density at radius 3 is 2.60 bits per heavy atom. The van der Waals surface area contributed by atoms with E-state index < -0.39 is 0 Å². The van der Waals surface area contributed by atoms with Crippen molar-refractivity contribution in [2.24, 2.45) is 0 Å². The number of aromatic nitrogens is 2. The molecule has 1 aromatic rings. The van der Waals surface area contributed by atoms with Crippen molar-refractivity contribution in [2.75, 3.05) is 18.1 Å². The minimum Gasteiger partial charge on any atom is -0.384 e. The first-order chi connectivity index (χ1) is 4.75. The second-order valence-electron chi connectivity index (χ2n) is 1.97. The summed E-state index contributed by atoms with van der Waals surface area (Å²) in [4.78, 5) is 7.77. The van der Waals surface area contributed by atoms with Gasteiger partial charge in [-0.25, -0.2) is 9.97 Å². The van der Waals surface area contributed by atoms with Crippen LogP contribution in [0.4, 0.5) is 11.5 Å². The third kappa shape index (κ3) is 1.00. The second kappa shape index (κ2) is 2.51. The normalized spacial score (nSPS) is 9.40. The van der Waals surface area contributed by atoms with Crippen LogP contribution in [0.2, 0.25) is 0 Å². The van der Waals surface area contributed by atoms with Gasteiger partial charge in [-0.15, -0.1) is 0 Å². The van der Waals surface area contributed by atoms with Gasteiger partial charge >= 0.3 is 0 Å². The van der Waals surface area contributed by atoms with Crippen molar-refractivity contribution in [1.29, 1.82) is 0 Å². The van der Waals surface area contributed by atoms with Crippen LogP contribution in [0.3, 0.4) is 0 Å². The first-order valence-electron chi connectivity index (χ1n) is 3.00. The molecule has 4 heteroatoms. The van der Waals surface area contributed by atoms with Crippen LogP contribution in [0.15, 0.2) is 6.33 Å². The zero-order valence-electron chi connectivity index (χ0n) is 6.05. The molecule has 54 valence electrons. The highest BCUT2D eigenvalue weighted by Gasteiger charge is 2.00. The highest BCUT2D eigenvalue weighted by molar-refractivity contribution is 5.63. The third-order valence-corrected chi connectivity index (χ3v) is 1.32. The standard InChI is InChI=1S/C6H10N4/c1-4-5(8-2)6(7)10-3-9-4/h3,8H,1-2H3,(H2,7,9,10). The number of hydrogen-bond donors (Lipinski definition) is 2. The molecule has 3 N–H and O–H groups in total. The molecule has 0 aliphatic rings. The molecule has 0 amide bonds. The molecule has 0 radical (unpaired) electrons. The molecule has 0 atom stereocenters. The van der Waals surface area contributed by atoms with Gasteiger partial charge in [0.25, 0.3) is 0 Å². The maximum atomic E-state index is 5.52. The monoisotopic (exact) mass is 138 g/mol. The molecule has 0 saturated carbocycles. The topological polar surface area (TPSA) is 63.8 Å². The summed E-state index contributed by atoms with van der Waals surface area (Å²) in [6.45, 7) is 1.88. The molecule has 0 bridgehead atoms. The van der Waals surface area contributed by atoms with Crippen LogP contribution < -0.4 is 11.1 Å². The Labute approximate surface area is 59.5 Å². The zero-order valence-corrected chi connectivity index (χ0v) is 6.05. The zero-order chi connectivity index (χ0) is 7.56. The molecule has 1 aromatic heterocycles. The molecule has 4 nitrogen and oxygen atoms in total. The van der Waals surface area contributed by atoms with E-state index in [1.165, 1.54) is 6.33 Å². The Kier molecular flexibility index (Phi) is 1.71. The van der Waals surface area contributed by atoms with E-state index in [-0.39, 0.29) is 0 Å². The molecule has 0 fully saturated rings. The molecule has 0 spiro atoms. The van der Waals surface area contributed by atoms with E-state index in [2.05, 4.69) is 15.3 Å². The molecule has 0 aromatic carbocycles. The molecule has 1 rings (SSSR count). The van der Waals surface area contributed by atoms with Gasteiger partial charge in [-0.2, -0.15) is 0 Å². The number of aryl methyl sites for hydroxylation is 1. The fourth-order valence-electron chi connectivity index (χ4n) is 0.801. The largest absolute Gasteiger partial charge is 0.384 e. The van der Waals surface area contributed by atoms with Gasteiger partial charge < -0.3 is 11.1 Å². The predicted molar refractivity (Wildman–Crippen MR) is 40.7 cm³/mol. The smallest absolute Gasteiger partial charge is 0.150 e. The molecule has 1 heterocycles. The number of nitrogens with two attached hydrogens (primary N) is 1. The summed E-state index contributed by atoms with van der Waals surface area (Å²) in [6.07, 6.45) is 1.45. The average molecular weight is 138 g/mol. The molecule has 10 heavy (non-hydrogen) atoms. The number of anilines is 2. The summed E-state index contributed by atoms with van der Waals surface area (Å²) in [6, 6.07) is 0. The van der Waals surface area contributed by atoms with Crippen LogP contribution >= 0.6 is 0 Å². The van der Waals surface area contributed by atoms with Crippen LogP contribution in [0.25, 0.3) is 0 Å². The summed E-state index contributed by atoms with van der Waals surface area (Å²) in [7, 11) is 1.79. The van der Waals surface area contributed by atoms with Crippen LogP contribution in [0.5, 0.6) is 0 Å². The van der Waals surface area contributed by atoms with E-state index >= 15 is 0 Å². The highest BCUT2D eigenvalue weighted by Crippen LogP contribution is 2.15. The number of hydrogen-bond acceptors (Lipinski definition) is 4. The summed E-state index contributed by atoms with van der Waals surface area (Å²) in [5.74, 6) is 0.495. The Bertz CT molecular complexity index is 213. The molecule has 0 unspecified atom stereocenters. The summed E-state index contributed by atoms with van der Waals surface area (Å²) in [5, 5.41) is 2.91. The van der Waals surface area contributed by atoms with Gasteiger partial charge in [0.15, 0.2) is 5.82 Å². The molecule has 0 saturated heterocycles. The molecule has 0 aliphatic heterocycles. The third-order valence-electron chi connectivity index (χ3n) is 1.32. The molecular formula is C6H10N4. The van der Waals surface area contributed by atoms with E-state index in [4.69, 9.17) is 5.73 Å². The number of nitrogens with zero attached hydrogens (tertiary/aromatic N) is 2. The van der Waals surface area contributed by atoms with Gasteiger partial charge in [-0.3, -0.25) is 0 Å². The lowest BCUT2D eigenvalue weighted by molar-refractivity contribution is 1.11. The van der Waals surface area contributed by atoms with E-state index in [0.29, 0.717) is 5.82 Å². The lowest BCUT2D eigenvalue weighted by atomic mass is 10.3. The van der Waals surface area contributed by atoms with Crippen molar-refractivity contribution in [3.63, 3.8) is 0 Å². The minimum atomic E-state index is 0.495. The summed E-state index contributed by atoms with van der Waals surface area (Å²) >= 11 is 0. The van der Waals surface area contributed by atoms with Gasteiger partial charge in [-0.1, -0.05) is 0 Å². The fraction of sp³-hybridized carbons (Fsp3) is 0.333. The lowest BCUT2D eigenvalue weighted by Gasteiger charge is -2.04. The van der Waals surface area contributed by atoms with Crippen LogP contribution in [0.1, 0.15) is 5.69 Å². The van der Waals surface area contributed by atoms with E-state index in [1.807, 2.05) is 6.92 Å². The summed E-state index contributed by atoms with van der Waals surface area (Å²) < 4.78 is 0. The van der Waals surface area contributed by atoms with Crippen molar-refractivity contribution in [3.8, 4) is 0 Å². The Morgan fingerprint density at radius 2 is 2.20 bits per heavy atom. The highest BCUT2D eigenvalue weighted by atomic mass is 15.0. The van der Waals surface area contributed by atoms with Crippen LogP contribution in [-0.4, -0.2) is 17.0 Å². The number of nitrogens with one attached hydrogen (secondary N) is 1. The van der Waals surface area contributed by atoms with Crippen molar-refractivity contribution >= 4 is 11.5 Å². The maximum Gasteiger partial charge on any atom is 0.150 e. The van der Waals surface area contributed by atoms with Crippen molar-refractivity contribution in [2.45, 2.75) is 6.92 Å².